The molecular formula is C18H19NO5S. The number of rotatable bonds is 8. The van der Waals surface area contributed by atoms with Crippen molar-refractivity contribution in [2.24, 2.45) is 0 Å². The number of alkyl carbamates (subject to hydrolysis) is 1. The van der Waals surface area contributed by atoms with E-state index in [9.17, 15) is 19.5 Å². The normalized spacial score (nSPS) is 11.6. The van der Waals surface area contributed by atoms with Crippen LogP contribution in [0.2, 0.25) is 0 Å². The molecule has 6 nitrogen and oxygen atoms in total. The first kappa shape index (κ1) is 18.7. The summed E-state index contributed by atoms with van der Waals surface area (Å²) in [4.78, 5) is 36.9. The topological polar surface area (TPSA) is 92.7 Å². The van der Waals surface area contributed by atoms with Gasteiger partial charge >= 0.3 is 12.1 Å². The van der Waals surface area contributed by atoms with Crippen molar-refractivity contribution in [3.05, 3.63) is 57.8 Å². The van der Waals surface area contributed by atoms with Gasteiger partial charge in [-0.2, -0.15) is 0 Å². The maximum Gasteiger partial charge on any atom is 0.408 e. The third kappa shape index (κ3) is 5.72. The zero-order valence-corrected chi connectivity index (χ0v) is 14.5. The molecule has 0 spiro atoms. The van der Waals surface area contributed by atoms with E-state index in [1.165, 1.54) is 11.3 Å². The van der Waals surface area contributed by atoms with Crippen molar-refractivity contribution >= 4 is 29.2 Å². The number of hydrogen-bond acceptors (Lipinski definition) is 5. The van der Waals surface area contributed by atoms with E-state index in [1.807, 2.05) is 19.1 Å². The van der Waals surface area contributed by atoms with Gasteiger partial charge in [0, 0.05) is 11.3 Å². The summed E-state index contributed by atoms with van der Waals surface area (Å²) in [6.45, 7) is 2.00. The van der Waals surface area contributed by atoms with E-state index >= 15 is 0 Å². The quantitative estimate of drug-likeness (QED) is 0.704. The van der Waals surface area contributed by atoms with E-state index in [1.54, 1.807) is 30.3 Å². The van der Waals surface area contributed by atoms with Gasteiger partial charge in [-0.05, 0) is 24.1 Å². The summed E-state index contributed by atoms with van der Waals surface area (Å²) < 4.78 is 5.00. The second-order valence-electron chi connectivity index (χ2n) is 5.34. The minimum Gasteiger partial charge on any atom is -0.480 e. The summed E-state index contributed by atoms with van der Waals surface area (Å²) in [5.41, 5.74) is 0.784. The Bertz CT molecular complexity index is 741. The second kappa shape index (κ2) is 8.98. The van der Waals surface area contributed by atoms with Crippen LogP contribution < -0.4 is 5.32 Å². The lowest BCUT2D eigenvalue weighted by Crippen LogP contribution is -2.42. The van der Waals surface area contributed by atoms with Gasteiger partial charge in [-0.3, -0.25) is 4.79 Å². The van der Waals surface area contributed by atoms with Crippen molar-refractivity contribution in [3.8, 4) is 0 Å². The Labute approximate surface area is 149 Å². The molecule has 1 unspecified atom stereocenters. The monoisotopic (exact) mass is 361 g/mol. The van der Waals surface area contributed by atoms with E-state index in [0.29, 0.717) is 4.88 Å². The first-order valence-electron chi connectivity index (χ1n) is 7.81. The summed E-state index contributed by atoms with van der Waals surface area (Å²) in [7, 11) is 0. The smallest absolute Gasteiger partial charge is 0.408 e. The predicted octanol–water partition coefficient (Wildman–Crippen LogP) is 3.26. The Hall–Kier alpha value is -2.67. The van der Waals surface area contributed by atoms with Crippen LogP contribution in [-0.2, 0) is 22.6 Å². The van der Waals surface area contributed by atoms with Gasteiger partial charge in [0.15, 0.2) is 5.78 Å². The van der Waals surface area contributed by atoms with Crippen LogP contribution in [0.3, 0.4) is 0 Å². The molecule has 0 radical (unpaired) electrons. The maximum atomic E-state index is 12.2. The molecular weight excluding hydrogens is 342 g/mol. The van der Waals surface area contributed by atoms with Crippen LogP contribution in [0.5, 0.6) is 0 Å². The molecule has 25 heavy (non-hydrogen) atoms. The minimum absolute atomic E-state index is 0.0255. The second-order valence-corrected chi connectivity index (χ2v) is 6.51. The number of thiophene rings is 1. The van der Waals surface area contributed by atoms with Gasteiger partial charge in [0.2, 0.25) is 0 Å². The van der Waals surface area contributed by atoms with E-state index in [2.05, 4.69) is 5.32 Å². The molecule has 0 fully saturated rings. The molecule has 0 bridgehead atoms. The molecule has 0 saturated heterocycles. The van der Waals surface area contributed by atoms with Crippen LogP contribution in [0.1, 0.15) is 33.5 Å². The standard InChI is InChI=1S/C18H19NO5S/c1-2-13-8-9-16(25-13)15(20)10-14(17(21)22)19-18(23)24-11-12-6-4-3-5-7-12/h3-9,14H,2,10-11H2,1H3,(H,19,23)(H,21,22). The number of ketones is 1. The van der Waals surface area contributed by atoms with Crippen LogP contribution in [0.25, 0.3) is 0 Å². The molecule has 2 aromatic rings. The number of aliphatic carboxylic acids is 1. The number of aryl methyl sites for hydroxylation is 1. The number of carbonyl (C=O) groups is 3. The number of carboxylic acids is 1. The van der Waals surface area contributed by atoms with Crippen LogP contribution >= 0.6 is 11.3 Å². The van der Waals surface area contributed by atoms with E-state index in [-0.39, 0.29) is 18.8 Å². The van der Waals surface area contributed by atoms with Crippen molar-refractivity contribution in [1.82, 2.24) is 5.32 Å². The molecule has 0 aliphatic heterocycles. The van der Waals surface area contributed by atoms with Crippen LogP contribution in [0, 0.1) is 0 Å². The SMILES string of the molecule is CCc1ccc(C(=O)CC(NC(=O)OCc2ccccc2)C(=O)O)s1. The fraction of sp³-hybridized carbons (Fsp3) is 0.278. The van der Waals surface area contributed by atoms with Gasteiger partial charge in [-0.15, -0.1) is 11.3 Å². The zero-order chi connectivity index (χ0) is 18.2. The van der Waals surface area contributed by atoms with Crippen LogP contribution in [0.4, 0.5) is 4.79 Å². The number of ether oxygens (including phenoxy) is 1. The molecule has 7 heteroatoms. The molecule has 0 aliphatic rings. The van der Waals surface area contributed by atoms with E-state index in [4.69, 9.17) is 4.74 Å². The van der Waals surface area contributed by atoms with Crippen molar-refractivity contribution < 1.29 is 24.2 Å². The van der Waals surface area contributed by atoms with Crippen LogP contribution in [0.15, 0.2) is 42.5 Å². The Morgan fingerprint density at radius 2 is 1.88 bits per heavy atom. The number of Topliss-reactive ketones (excluding diaryl/α,β-unsaturated/α-hetero) is 1. The molecule has 1 amide bonds. The van der Waals surface area contributed by atoms with Gasteiger partial charge in [-0.25, -0.2) is 9.59 Å². The molecule has 0 saturated carbocycles. The number of carbonyl (C=O) groups excluding carboxylic acids is 2. The largest absolute Gasteiger partial charge is 0.480 e. The molecule has 2 N–H and O–H groups in total. The van der Waals surface area contributed by atoms with Gasteiger partial charge in [0.1, 0.15) is 12.6 Å². The first-order valence-corrected chi connectivity index (χ1v) is 8.63. The number of benzene rings is 1. The van der Waals surface area contributed by atoms with Crippen molar-refractivity contribution in [2.75, 3.05) is 0 Å². The average Bonchev–Trinajstić information content (AvgIpc) is 3.09. The Kier molecular flexibility index (Phi) is 6.71. The van der Waals surface area contributed by atoms with Crippen molar-refractivity contribution in [3.63, 3.8) is 0 Å². The van der Waals surface area contributed by atoms with E-state index < -0.39 is 18.1 Å². The molecule has 0 aliphatic carbocycles. The molecule has 1 atom stereocenters. The van der Waals surface area contributed by atoms with Crippen LogP contribution in [-0.4, -0.2) is 29.0 Å². The number of hydrogen-bond donors (Lipinski definition) is 2. The Balaban J connectivity index is 1.90. The lowest BCUT2D eigenvalue weighted by atomic mass is 10.1. The lowest BCUT2D eigenvalue weighted by Gasteiger charge is -2.13. The van der Waals surface area contributed by atoms with Gasteiger partial charge in [-0.1, -0.05) is 37.3 Å². The summed E-state index contributed by atoms with van der Waals surface area (Å²) in [5.74, 6) is -1.60. The van der Waals surface area contributed by atoms with Gasteiger partial charge < -0.3 is 15.2 Å². The maximum absolute atomic E-state index is 12.2. The zero-order valence-electron chi connectivity index (χ0n) is 13.7. The van der Waals surface area contributed by atoms with Gasteiger partial charge in [0.25, 0.3) is 0 Å². The lowest BCUT2D eigenvalue weighted by molar-refractivity contribution is -0.139. The Morgan fingerprint density at radius 3 is 2.48 bits per heavy atom. The number of carboxylic acid groups (broad SMARTS) is 1. The minimum atomic E-state index is -1.33. The third-order valence-electron chi connectivity index (χ3n) is 3.48. The molecule has 1 aromatic carbocycles. The molecule has 1 heterocycles. The number of nitrogens with one attached hydrogen (secondary N) is 1. The first-order chi connectivity index (χ1) is 12.0. The molecule has 2 rings (SSSR count). The summed E-state index contributed by atoms with van der Waals surface area (Å²) in [6, 6.07) is 11.2. The van der Waals surface area contributed by atoms with E-state index in [0.717, 1.165) is 16.9 Å². The number of amides is 1. The highest BCUT2D eigenvalue weighted by Gasteiger charge is 2.25. The Morgan fingerprint density at radius 1 is 1.16 bits per heavy atom. The summed E-state index contributed by atoms with van der Waals surface area (Å²) in [5, 5.41) is 11.5. The van der Waals surface area contributed by atoms with Crippen molar-refractivity contribution in [1.29, 1.82) is 0 Å². The highest BCUT2D eigenvalue weighted by Crippen LogP contribution is 2.19. The summed E-state index contributed by atoms with van der Waals surface area (Å²) >= 11 is 1.33. The summed E-state index contributed by atoms with van der Waals surface area (Å²) in [6.07, 6.45) is -0.381. The van der Waals surface area contributed by atoms with Crippen molar-refractivity contribution in [2.45, 2.75) is 32.4 Å². The molecule has 132 valence electrons. The molecule has 1 aromatic heterocycles. The fourth-order valence-electron chi connectivity index (χ4n) is 2.11. The van der Waals surface area contributed by atoms with Gasteiger partial charge in [0.05, 0.1) is 4.88 Å². The average molecular weight is 361 g/mol. The highest BCUT2D eigenvalue weighted by molar-refractivity contribution is 7.14. The predicted molar refractivity (Wildman–Crippen MR) is 93.8 cm³/mol. The highest BCUT2D eigenvalue weighted by atomic mass is 32.1. The third-order valence-corrected chi connectivity index (χ3v) is 4.75. The fourth-order valence-corrected chi connectivity index (χ4v) is 3.01.